The molecule has 0 bridgehead atoms. The Kier molecular flexibility index (Phi) is 4.52. The number of carboxylic acids is 1. The van der Waals surface area contributed by atoms with E-state index in [0.29, 0.717) is 6.54 Å². The summed E-state index contributed by atoms with van der Waals surface area (Å²) in [6.45, 7) is 10.9. The van der Waals surface area contributed by atoms with Crippen molar-refractivity contribution in [3.05, 3.63) is 12.7 Å². The van der Waals surface area contributed by atoms with Crippen LogP contribution in [0.2, 0.25) is 0 Å². The minimum absolute atomic E-state index is 0.361. The van der Waals surface area contributed by atoms with E-state index in [1.165, 1.54) is 11.8 Å². The highest BCUT2D eigenvalue weighted by atomic mass is 16.4. The SMILES string of the molecule is C=CCN(C(=O)C(C)C(=O)O)C(C)(C)C. The second-order valence-corrected chi connectivity index (χ2v) is 4.47. The molecule has 4 nitrogen and oxygen atoms in total. The van der Waals surface area contributed by atoms with Crippen molar-refractivity contribution in [2.24, 2.45) is 5.92 Å². The molecule has 1 unspecified atom stereocenters. The Balaban J connectivity index is 4.86. The predicted octanol–water partition coefficient (Wildman–Crippen LogP) is 1.52. The molecule has 0 aliphatic carbocycles. The van der Waals surface area contributed by atoms with E-state index in [-0.39, 0.29) is 5.91 Å². The molecule has 1 amide bonds. The number of aliphatic carboxylic acids is 1. The lowest BCUT2D eigenvalue weighted by molar-refractivity contribution is -0.152. The van der Waals surface area contributed by atoms with E-state index in [1.807, 2.05) is 20.8 Å². The monoisotopic (exact) mass is 213 g/mol. The molecule has 0 radical (unpaired) electrons. The van der Waals surface area contributed by atoms with Gasteiger partial charge in [0.15, 0.2) is 0 Å². The number of carboxylic acid groups (broad SMARTS) is 1. The molecular weight excluding hydrogens is 194 g/mol. The van der Waals surface area contributed by atoms with Gasteiger partial charge in [-0.1, -0.05) is 6.08 Å². The second-order valence-electron chi connectivity index (χ2n) is 4.47. The fraction of sp³-hybridized carbons (Fsp3) is 0.636. The summed E-state index contributed by atoms with van der Waals surface area (Å²) in [7, 11) is 0. The van der Waals surface area contributed by atoms with Gasteiger partial charge >= 0.3 is 5.97 Å². The summed E-state index contributed by atoms with van der Waals surface area (Å²) in [6.07, 6.45) is 1.59. The quantitative estimate of drug-likeness (QED) is 0.569. The first-order valence-electron chi connectivity index (χ1n) is 4.87. The normalized spacial score (nSPS) is 13.1. The van der Waals surface area contributed by atoms with Crippen LogP contribution in [-0.2, 0) is 9.59 Å². The van der Waals surface area contributed by atoms with E-state index in [9.17, 15) is 9.59 Å². The lowest BCUT2D eigenvalue weighted by Gasteiger charge is -2.36. The summed E-state index contributed by atoms with van der Waals surface area (Å²) < 4.78 is 0. The molecule has 4 heteroatoms. The van der Waals surface area contributed by atoms with Crippen LogP contribution in [0, 0.1) is 5.92 Å². The van der Waals surface area contributed by atoms with Crippen molar-refractivity contribution < 1.29 is 14.7 Å². The first-order chi connectivity index (χ1) is 6.71. The Morgan fingerprint density at radius 1 is 1.47 bits per heavy atom. The molecule has 0 aromatic heterocycles. The maximum atomic E-state index is 11.8. The van der Waals surface area contributed by atoms with Crippen LogP contribution in [0.25, 0.3) is 0 Å². The molecule has 1 N–H and O–H groups in total. The molecule has 0 saturated heterocycles. The summed E-state index contributed by atoms with van der Waals surface area (Å²) >= 11 is 0. The third kappa shape index (κ3) is 3.73. The minimum atomic E-state index is -1.10. The van der Waals surface area contributed by atoms with Crippen molar-refractivity contribution in [1.82, 2.24) is 4.90 Å². The van der Waals surface area contributed by atoms with E-state index in [0.717, 1.165) is 0 Å². The maximum absolute atomic E-state index is 11.8. The largest absolute Gasteiger partial charge is 0.481 e. The van der Waals surface area contributed by atoms with Gasteiger partial charge < -0.3 is 10.0 Å². The van der Waals surface area contributed by atoms with Crippen LogP contribution in [0.15, 0.2) is 12.7 Å². The number of rotatable bonds is 4. The van der Waals surface area contributed by atoms with E-state index < -0.39 is 17.4 Å². The Hall–Kier alpha value is -1.32. The maximum Gasteiger partial charge on any atom is 0.315 e. The Bertz CT molecular complexity index is 265. The van der Waals surface area contributed by atoms with Crippen molar-refractivity contribution in [3.8, 4) is 0 Å². The molecule has 0 spiro atoms. The number of hydrogen-bond acceptors (Lipinski definition) is 2. The Morgan fingerprint density at radius 3 is 2.20 bits per heavy atom. The number of amides is 1. The van der Waals surface area contributed by atoms with Crippen molar-refractivity contribution in [1.29, 1.82) is 0 Å². The van der Waals surface area contributed by atoms with E-state index in [4.69, 9.17) is 5.11 Å². The molecule has 1 atom stereocenters. The molecule has 0 aromatic carbocycles. The highest BCUT2D eigenvalue weighted by Gasteiger charge is 2.31. The molecule has 0 aliphatic rings. The van der Waals surface area contributed by atoms with Crippen LogP contribution in [0.4, 0.5) is 0 Å². The predicted molar refractivity (Wildman–Crippen MR) is 58.5 cm³/mol. The highest BCUT2D eigenvalue weighted by Crippen LogP contribution is 2.16. The summed E-state index contributed by atoms with van der Waals surface area (Å²) in [5, 5.41) is 8.76. The average Bonchev–Trinajstić information content (AvgIpc) is 2.09. The summed E-state index contributed by atoms with van der Waals surface area (Å²) in [5.41, 5.74) is -0.394. The molecule has 0 aliphatic heterocycles. The first-order valence-corrected chi connectivity index (χ1v) is 4.87. The summed E-state index contributed by atoms with van der Waals surface area (Å²) in [6, 6.07) is 0. The Labute approximate surface area is 90.6 Å². The van der Waals surface area contributed by atoms with Gasteiger partial charge in [0.1, 0.15) is 5.92 Å². The van der Waals surface area contributed by atoms with Crippen LogP contribution in [0.3, 0.4) is 0 Å². The fourth-order valence-corrected chi connectivity index (χ4v) is 1.16. The van der Waals surface area contributed by atoms with Gasteiger partial charge in [-0.15, -0.1) is 6.58 Å². The third-order valence-corrected chi connectivity index (χ3v) is 2.13. The smallest absolute Gasteiger partial charge is 0.315 e. The molecule has 0 rings (SSSR count). The zero-order valence-corrected chi connectivity index (χ0v) is 9.78. The third-order valence-electron chi connectivity index (χ3n) is 2.13. The van der Waals surface area contributed by atoms with Gasteiger partial charge in [0, 0.05) is 12.1 Å². The van der Waals surface area contributed by atoms with Crippen molar-refractivity contribution in [3.63, 3.8) is 0 Å². The lowest BCUT2D eigenvalue weighted by atomic mass is 10.0. The molecule has 0 fully saturated rings. The van der Waals surface area contributed by atoms with Gasteiger partial charge in [-0.3, -0.25) is 9.59 Å². The average molecular weight is 213 g/mol. The zero-order chi connectivity index (χ0) is 12.2. The summed E-state index contributed by atoms with van der Waals surface area (Å²) in [5.74, 6) is -2.49. The molecule has 15 heavy (non-hydrogen) atoms. The van der Waals surface area contributed by atoms with Crippen LogP contribution < -0.4 is 0 Å². The summed E-state index contributed by atoms with van der Waals surface area (Å²) in [4.78, 5) is 24.0. The van der Waals surface area contributed by atoms with Gasteiger partial charge in [0.05, 0.1) is 0 Å². The van der Waals surface area contributed by atoms with E-state index in [1.54, 1.807) is 6.08 Å². The first kappa shape index (κ1) is 13.7. The Morgan fingerprint density at radius 2 is 1.93 bits per heavy atom. The highest BCUT2D eigenvalue weighted by molar-refractivity contribution is 5.96. The number of hydrogen-bond donors (Lipinski definition) is 1. The molecule has 86 valence electrons. The van der Waals surface area contributed by atoms with E-state index >= 15 is 0 Å². The topological polar surface area (TPSA) is 57.6 Å². The minimum Gasteiger partial charge on any atom is -0.481 e. The van der Waals surface area contributed by atoms with E-state index in [2.05, 4.69) is 6.58 Å². The van der Waals surface area contributed by atoms with Crippen molar-refractivity contribution in [2.75, 3.05) is 6.54 Å². The van der Waals surface area contributed by atoms with Gasteiger partial charge in [-0.25, -0.2) is 0 Å². The second kappa shape index (κ2) is 4.96. The van der Waals surface area contributed by atoms with Gasteiger partial charge in [0.2, 0.25) is 5.91 Å². The fourth-order valence-electron chi connectivity index (χ4n) is 1.16. The van der Waals surface area contributed by atoms with Crippen LogP contribution in [-0.4, -0.2) is 34.0 Å². The lowest BCUT2D eigenvalue weighted by Crippen LogP contribution is -2.49. The van der Waals surface area contributed by atoms with Gasteiger partial charge in [-0.05, 0) is 27.7 Å². The van der Waals surface area contributed by atoms with Gasteiger partial charge in [0.25, 0.3) is 0 Å². The molecular formula is C11H19NO3. The number of nitrogens with zero attached hydrogens (tertiary/aromatic N) is 1. The van der Waals surface area contributed by atoms with Crippen molar-refractivity contribution >= 4 is 11.9 Å². The van der Waals surface area contributed by atoms with Crippen molar-refractivity contribution in [2.45, 2.75) is 33.2 Å². The standard InChI is InChI=1S/C11H19NO3/c1-6-7-12(11(3,4)5)9(13)8(2)10(14)15/h6,8H,1,7H2,2-5H3,(H,14,15). The molecule has 0 aromatic rings. The molecule has 0 heterocycles. The van der Waals surface area contributed by atoms with Crippen LogP contribution >= 0.6 is 0 Å². The van der Waals surface area contributed by atoms with Crippen LogP contribution in [0.1, 0.15) is 27.7 Å². The number of carbonyl (C=O) groups is 2. The number of carbonyl (C=O) groups excluding carboxylic acids is 1. The zero-order valence-electron chi connectivity index (χ0n) is 9.78. The molecule has 0 saturated carbocycles. The van der Waals surface area contributed by atoms with Crippen LogP contribution in [0.5, 0.6) is 0 Å². The van der Waals surface area contributed by atoms with Gasteiger partial charge in [-0.2, -0.15) is 0 Å².